The second-order valence-electron chi connectivity index (χ2n) is 4.67. The van der Waals surface area contributed by atoms with Gasteiger partial charge < -0.3 is 10.5 Å². The number of ether oxygens (including phenoxy) is 1. The van der Waals surface area contributed by atoms with Crippen molar-refractivity contribution in [2.75, 3.05) is 6.54 Å². The van der Waals surface area contributed by atoms with Gasteiger partial charge in [0.15, 0.2) is 0 Å². The van der Waals surface area contributed by atoms with Crippen molar-refractivity contribution in [1.82, 2.24) is 0 Å². The minimum absolute atomic E-state index is 0. The minimum Gasteiger partial charge on any atom is -0.490 e. The van der Waals surface area contributed by atoms with Gasteiger partial charge in [0.2, 0.25) is 0 Å². The molecule has 0 saturated carbocycles. The van der Waals surface area contributed by atoms with E-state index in [9.17, 15) is 0 Å². The van der Waals surface area contributed by atoms with Gasteiger partial charge in [-0.3, -0.25) is 0 Å². The quantitative estimate of drug-likeness (QED) is 0.841. The zero-order chi connectivity index (χ0) is 13.3. The van der Waals surface area contributed by atoms with Crippen molar-refractivity contribution in [3.05, 3.63) is 66.2 Å². The van der Waals surface area contributed by atoms with Crippen LogP contribution in [0.2, 0.25) is 0 Å². The van der Waals surface area contributed by atoms with E-state index in [2.05, 4.69) is 24.3 Å². The fourth-order valence-electron chi connectivity index (χ4n) is 2.12. The van der Waals surface area contributed by atoms with Crippen molar-refractivity contribution in [1.29, 1.82) is 0 Å². The molecule has 0 aromatic heterocycles. The first-order valence-electron chi connectivity index (χ1n) is 6.84. The number of halogens is 1. The first-order chi connectivity index (χ1) is 9.38. The van der Waals surface area contributed by atoms with Gasteiger partial charge in [0.25, 0.3) is 0 Å². The van der Waals surface area contributed by atoms with Crippen LogP contribution in [-0.4, -0.2) is 12.6 Å². The summed E-state index contributed by atoms with van der Waals surface area (Å²) in [6.45, 7) is 0.712. The second kappa shape index (κ2) is 9.40. The molecule has 20 heavy (non-hydrogen) atoms. The molecule has 1 atom stereocenters. The molecule has 108 valence electrons. The number of benzene rings is 2. The number of nitrogens with two attached hydrogens (primary N) is 1. The molecular weight excluding hydrogens is 270 g/mol. The van der Waals surface area contributed by atoms with E-state index in [0.717, 1.165) is 25.0 Å². The van der Waals surface area contributed by atoms with Gasteiger partial charge in [0.05, 0.1) is 0 Å². The van der Waals surface area contributed by atoms with Crippen molar-refractivity contribution in [3.8, 4) is 5.75 Å². The lowest BCUT2D eigenvalue weighted by Crippen LogP contribution is -2.21. The Morgan fingerprint density at radius 2 is 1.50 bits per heavy atom. The lowest BCUT2D eigenvalue weighted by atomic mass is 10.0. The molecule has 2 rings (SSSR count). The van der Waals surface area contributed by atoms with E-state index in [1.807, 2.05) is 36.4 Å². The predicted molar refractivity (Wildman–Crippen MR) is 86.5 cm³/mol. The third kappa shape index (κ3) is 5.64. The van der Waals surface area contributed by atoms with Gasteiger partial charge >= 0.3 is 0 Å². The number of hydrogen-bond donors (Lipinski definition) is 1. The Bertz CT molecular complexity index is 419. The smallest absolute Gasteiger partial charge is 0.119 e. The summed E-state index contributed by atoms with van der Waals surface area (Å²) in [5, 5.41) is 0. The lowest BCUT2D eigenvalue weighted by molar-refractivity contribution is 0.189. The molecule has 0 aliphatic carbocycles. The summed E-state index contributed by atoms with van der Waals surface area (Å²) in [6, 6.07) is 20.5. The summed E-state index contributed by atoms with van der Waals surface area (Å²) < 4.78 is 6.06. The van der Waals surface area contributed by atoms with Crippen LogP contribution in [0, 0.1) is 0 Å². The fourth-order valence-corrected chi connectivity index (χ4v) is 2.12. The van der Waals surface area contributed by atoms with Gasteiger partial charge in [-0.15, -0.1) is 12.4 Å². The predicted octanol–water partition coefficient (Wildman–Crippen LogP) is 3.84. The molecule has 0 spiro atoms. The van der Waals surface area contributed by atoms with E-state index in [1.54, 1.807) is 0 Å². The molecule has 0 radical (unpaired) electrons. The molecule has 0 aliphatic rings. The molecular formula is C17H22ClNO. The zero-order valence-electron chi connectivity index (χ0n) is 11.6. The zero-order valence-corrected chi connectivity index (χ0v) is 12.4. The maximum absolute atomic E-state index is 6.06. The molecule has 2 nitrogen and oxygen atoms in total. The van der Waals surface area contributed by atoms with Crippen LogP contribution in [-0.2, 0) is 6.42 Å². The van der Waals surface area contributed by atoms with Crippen molar-refractivity contribution < 1.29 is 4.74 Å². The third-order valence-corrected chi connectivity index (χ3v) is 3.08. The summed E-state index contributed by atoms with van der Waals surface area (Å²) >= 11 is 0. The fraction of sp³-hybridized carbons (Fsp3) is 0.294. The van der Waals surface area contributed by atoms with Gasteiger partial charge in [0, 0.05) is 6.42 Å². The monoisotopic (exact) mass is 291 g/mol. The van der Waals surface area contributed by atoms with Crippen LogP contribution < -0.4 is 10.5 Å². The van der Waals surface area contributed by atoms with Gasteiger partial charge in [-0.05, 0) is 37.1 Å². The molecule has 2 N–H and O–H groups in total. The normalized spacial score (nSPS) is 11.4. The van der Waals surface area contributed by atoms with Crippen LogP contribution in [0.25, 0.3) is 0 Å². The number of rotatable bonds is 7. The molecule has 2 aromatic rings. The highest BCUT2D eigenvalue weighted by Gasteiger charge is 2.11. The topological polar surface area (TPSA) is 35.2 Å². The Kier molecular flexibility index (Phi) is 7.78. The van der Waals surface area contributed by atoms with E-state index in [-0.39, 0.29) is 18.5 Å². The van der Waals surface area contributed by atoms with Gasteiger partial charge in [-0.2, -0.15) is 0 Å². The molecule has 0 amide bonds. The van der Waals surface area contributed by atoms with E-state index in [4.69, 9.17) is 10.5 Å². The van der Waals surface area contributed by atoms with Crippen LogP contribution in [0.3, 0.4) is 0 Å². The molecule has 1 unspecified atom stereocenters. The van der Waals surface area contributed by atoms with Crippen LogP contribution in [0.4, 0.5) is 0 Å². The maximum Gasteiger partial charge on any atom is 0.119 e. The van der Waals surface area contributed by atoms with Gasteiger partial charge in [0.1, 0.15) is 11.9 Å². The van der Waals surface area contributed by atoms with E-state index < -0.39 is 0 Å². The van der Waals surface area contributed by atoms with Crippen LogP contribution in [0.1, 0.15) is 18.4 Å². The number of hydrogen-bond acceptors (Lipinski definition) is 2. The summed E-state index contributed by atoms with van der Waals surface area (Å²) in [6.07, 6.45) is 3.09. The van der Waals surface area contributed by atoms with E-state index in [1.165, 1.54) is 5.56 Å². The highest BCUT2D eigenvalue weighted by molar-refractivity contribution is 5.85. The Balaban J connectivity index is 0.00000200. The van der Waals surface area contributed by atoms with Crippen LogP contribution in [0.15, 0.2) is 60.7 Å². The Morgan fingerprint density at radius 3 is 2.10 bits per heavy atom. The standard InChI is InChI=1S/C17H21NO.ClH/c18-13-7-12-17(14-15-8-3-1-4-9-15)19-16-10-5-2-6-11-16;/h1-6,8-11,17H,7,12-14,18H2;1H. The summed E-state index contributed by atoms with van der Waals surface area (Å²) in [4.78, 5) is 0. The van der Waals surface area contributed by atoms with Crippen molar-refractivity contribution in [2.45, 2.75) is 25.4 Å². The highest BCUT2D eigenvalue weighted by Crippen LogP contribution is 2.16. The van der Waals surface area contributed by atoms with Gasteiger partial charge in [-0.1, -0.05) is 48.5 Å². The first-order valence-corrected chi connectivity index (χ1v) is 6.84. The third-order valence-electron chi connectivity index (χ3n) is 3.08. The first kappa shape index (κ1) is 16.5. The SMILES string of the molecule is Cl.NCCCC(Cc1ccccc1)Oc1ccccc1. The van der Waals surface area contributed by atoms with Crippen LogP contribution >= 0.6 is 12.4 Å². The maximum atomic E-state index is 6.06. The largest absolute Gasteiger partial charge is 0.490 e. The van der Waals surface area contributed by atoms with E-state index >= 15 is 0 Å². The molecule has 2 aromatic carbocycles. The highest BCUT2D eigenvalue weighted by atomic mass is 35.5. The van der Waals surface area contributed by atoms with Crippen molar-refractivity contribution in [2.24, 2.45) is 5.73 Å². The Morgan fingerprint density at radius 1 is 0.900 bits per heavy atom. The minimum atomic E-state index is 0. The van der Waals surface area contributed by atoms with E-state index in [0.29, 0.717) is 6.54 Å². The summed E-state index contributed by atoms with van der Waals surface area (Å²) in [7, 11) is 0. The average Bonchev–Trinajstić information content (AvgIpc) is 2.47. The van der Waals surface area contributed by atoms with Crippen molar-refractivity contribution >= 4 is 12.4 Å². The molecule has 3 heteroatoms. The average molecular weight is 292 g/mol. The second-order valence-corrected chi connectivity index (χ2v) is 4.67. The molecule has 0 aliphatic heterocycles. The molecule has 0 heterocycles. The lowest BCUT2D eigenvalue weighted by Gasteiger charge is -2.19. The van der Waals surface area contributed by atoms with Gasteiger partial charge in [-0.25, -0.2) is 0 Å². The summed E-state index contributed by atoms with van der Waals surface area (Å²) in [5.74, 6) is 0.931. The number of para-hydroxylation sites is 1. The molecule has 0 saturated heterocycles. The summed E-state index contributed by atoms with van der Waals surface area (Å²) in [5.41, 5.74) is 6.91. The Hall–Kier alpha value is -1.51. The molecule has 0 fully saturated rings. The Labute approximate surface area is 127 Å². The van der Waals surface area contributed by atoms with Crippen molar-refractivity contribution in [3.63, 3.8) is 0 Å². The molecule has 0 bridgehead atoms. The van der Waals surface area contributed by atoms with Crippen LogP contribution in [0.5, 0.6) is 5.75 Å².